The topological polar surface area (TPSA) is 38.8 Å². The summed E-state index contributed by atoms with van der Waals surface area (Å²) < 4.78 is 11.5. The average molecular weight is 315 g/mol. The van der Waals surface area contributed by atoms with E-state index in [0.29, 0.717) is 23.5 Å². The number of likely N-dealkylation sites (tertiary alicyclic amines) is 1. The fraction of sp³-hybridized carbons (Fsp3) is 0.632. The van der Waals surface area contributed by atoms with Gasteiger partial charge in [0.2, 0.25) is 0 Å². The van der Waals surface area contributed by atoms with Crippen LogP contribution in [-0.4, -0.2) is 36.6 Å². The summed E-state index contributed by atoms with van der Waals surface area (Å²) in [5, 5.41) is 0. The van der Waals surface area contributed by atoms with Crippen LogP contribution in [0.4, 0.5) is 0 Å². The Kier molecular flexibility index (Phi) is 3.60. The van der Waals surface area contributed by atoms with Gasteiger partial charge >= 0.3 is 5.97 Å². The lowest BCUT2D eigenvalue weighted by Crippen LogP contribution is -2.48. The van der Waals surface area contributed by atoms with Crippen molar-refractivity contribution in [3.63, 3.8) is 0 Å². The van der Waals surface area contributed by atoms with Crippen molar-refractivity contribution in [2.24, 2.45) is 11.3 Å². The van der Waals surface area contributed by atoms with E-state index in [1.165, 1.54) is 25.8 Å². The molecular formula is C19H25NO3. The molecule has 23 heavy (non-hydrogen) atoms. The highest BCUT2D eigenvalue weighted by molar-refractivity contribution is 5.93. The van der Waals surface area contributed by atoms with E-state index in [-0.39, 0.29) is 12.1 Å². The third-order valence-electron chi connectivity index (χ3n) is 5.48. The number of carbonyl (C=O) groups is 1. The van der Waals surface area contributed by atoms with Gasteiger partial charge in [-0.05, 0) is 49.9 Å². The molecule has 2 heterocycles. The first-order valence-corrected chi connectivity index (χ1v) is 8.75. The Labute approximate surface area is 137 Å². The molecule has 0 radical (unpaired) electrons. The summed E-state index contributed by atoms with van der Waals surface area (Å²) in [5.41, 5.74) is 2.04. The molecule has 1 saturated carbocycles. The summed E-state index contributed by atoms with van der Waals surface area (Å²) in [6.45, 7) is 8.28. The first-order valence-electron chi connectivity index (χ1n) is 8.75. The maximum absolute atomic E-state index is 11.6. The predicted octanol–water partition coefficient (Wildman–Crippen LogP) is 3.25. The first kappa shape index (κ1) is 15.0. The lowest BCUT2D eigenvalue weighted by molar-refractivity contribution is 0.0216. The minimum Gasteiger partial charge on any atom is -0.489 e. The van der Waals surface area contributed by atoms with Crippen molar-refractivity contribution in [1.29, 1.82) is 0 Å². The van der Waals surface area contributed by atoms with Crippen LogP contribution in [0.1, 0.15) is 49.0 Å². The maximum atomic E-state index is 11.6. The second-order valence-electron chi connectivity index (χ2n) is 7.77. The summed E-state index contributed by atoms with van der Waals surface area (Å²) in [7, 11) is 0. The van der Waals surface area contributed by atoms with Crippen molar-refractivity contribution >= 4 is 5.97 Å². The minimum absolute atomic E-state index is 0.217. The molecule has 1 spiro atoms. The van der Waals surface area contributed by atoms with Crippen LogP contribution in [0.15, 0.2) is 18.2 Å². The Morgan fingerprint density at radius 1 is 1.35 bits per heavy atom. The van der Waals surface area contributed by atoms with Crippen LogP contribution in [0.3, 0.4) is 0 Å². The Bertz CT molecular complexity index is 621. The number of ether oxygens (including phenoxy) is 2. The van der Waals surface area contributed by atoms with Crippen LogP contribution in [0, 0.1) is 11.3 Å². The third-order valence-corrected chi connectivity index (χ3v) is 5.48. The van der Waals surface area contributed by atoms with Gasteiger partial charge in [0.05, 0.1) is 5.56 Å². The van der Waals surface area contributed by atoms with Gasteiger partial charge in [-0.3, -0.25) is 4.90 Å². The molecule has 0 bridgehead atoms. The van der Waals surface area contributed by atoms with Crippen molar-refractivity contribution < 1.29 is 14.3 Å². The number of benzene rings is 1. The molecule has 1 atom stereocenters. The lowest BCUT2D eigenvalue weighted by Gasteiger charge is -2.39. The van der Waals surface area contributed by atoms with Crippen molar-refractivity contribution in [3.05, 3.63) is 29.3 Å². The molecule has 1 aromatic rings. The van der Waals surface area contributed by atoms with E-state index in [4.69, 9.17) is 9.47 Å². The number of hydrogen-bond acceptors (Lipinski definition) is 4. The molecule has 4 nitrogen and oxygen atoms in total. The Hall–Kier alpha value is -1.55. The molecule has 4 heteroatoms. The largest absolute Gasteiger partial charge is 0.489 e. The second-order valence-corrected chi connectivity index (χ2v) is 7.77. The van der Waals surface area contributed by atoms with E-state index >= 15 is 0 Å². The standard InChI is InChI=1S/C19H25NO3/c1-13(2)10-20-8-7-19(5-6-19)17(11-20)23-15-3-4-16-14(9-15)12-22-18(16)21/h3-4,9,13,17H,5-8,10-12H2,1-2H3/t17-/m0/s1. The number of carbonyl (C=O) groups excluding carboxylic acids is 1. The van der Waals surface area contributed by atoms with Crippen molar-refractivity contribution in [1.82, 2.24) is 4.90 Å². The Morgan fingerprint density at radius 3 is 2.91 bits per heavy atom. The van der Waals surface area contributed by atoms with Crippen LogP contribution in [0.5, 0.6) is 5.75 Å². The SMILES string of the molecule is CC(C)CN1CCC2(CC2)[C@@H](Oc2ccc3c(c2)COC3=O)C1. The number of piperidine rings is 1. The fourth-order valence-electron chi connectivity index (χ4n) is 3.99. The van der Waals surface area contributed by atoms with E-state index in [0.717, 1.165) is 24.4 Å². The summed E-state index contributed by atoms with van der Waals surface area (Å²) in [4.78, 5) is 14.1. The van der Waals surface area contributed by atoms with Crippen molar-refractivity contribution in [3.8, 4) is 5.75 Å². The summed E-state index contributed by atoms with van der Waals surface area (Å²) in [5.74, 6) is 1.35. The van der Waals surface area contributed by atoms with Crippen LogP contribution >= 0.6 is 0 Å². The molecule has 124 valence electrons. The molecule has 3 aliphatic rings. The molecule has 0 unspecified atom stereocenters. The van der Waals surface area contributed by atoms with Gasteiger partial charge in [0.25, 0.3) is 0 Å². The minimum atomic E-state index is -0.217. The van der Waals surface area contributed by atoms with Crippen LogP contribution in [0.25, 0.3) is 0 Å². The quantitative estimate of drug-likeness (QED) is 0.800. The van der Waals surface area contributed by atoms with Gasteiger partial charge < -0.3 is 9.47 Å². The van der Waals surface area contributed by atoms with E-state index in [1.54, 1.807) is 0 Å². The average Bonchev–Trinajstić information content (AvgIpc) is 3.20. The zero-order valence-corrected chi connectivity index (χ0v) is 14.0. The Balaban J connectivity index is 1.49. The number of fused-ring (bicyclic) bond motifs is 1. The van der Waals surface area contributed by atoms with Crippen molar-refractivity contribution in [2.75, 3.05) is 19.6 Å². The molecule has 1 aromatic carbocycles. The molecule has 0 aromatic heterocycles. The molecular weight excluding hydrogens is 290 g/mol. The zero-order chi connectivity index (χ0) is 16.0. The van der Waals surface area contributed by atoms with E-state index in [2.05, 4.69) is 18.7 Å². The van der Waals surface area contributed by atoms with Crippen molar-refractivity contribution in [2.45, 2.75) is 45.8 Å². The molecule has 0 N–H and O–H groups in total. The van der Waals surface area contributed by atoms with Gasteiger partial charge in [-0.2, -0.15) is 0 Å². The van der Waals surface area contributed by atoms with Gasteiger partial charge in [0.15, 0.2) is 0 Å². The van der Waals surface area contributed by atoms with Gasteiger partial charge in [-0.25, -0.2) is 4.79 Å². The van der Waals surface area contributed by atoms with E-state index in [1.807, 2.05) is 18.2 Å². The maximum Gasteiger partial charge on any atom is 0.338 e. The monoisotopic (exact) mass is 315 g/mol. The predicted molar refractivity (Wildman–Crippen MR) is 87.5 cm³/mol. The van der Waals surface area contributed by atoms with Crippen LogP contribution in [0.2, 0.25) is 0 Å². The third kappa shape index (κ3) is 2.85. The number of nitrogens with zero attached hydrogens (tertiary/aromatic N) is 1. The number of rotatable bonds is 4. The van der Waals surface area contributed by atoms with Crippen LogP contribution in [-0.2, 0) is 11.3 Å². The molecule has 2 fully saturated rings. The van der Waals surface area contributed by atoms with E-state index < -0.39 is 0 Å². The van der Waals surface area contributed by atoms with Gasteiger partial charge in [0.1, 0.15) is 18.5 Å². The highest BCUT2D eigenvalue weighted by Crippen LogP contribution is 2.54. The Morgan fingerprint density at radius 2 is 2.17 bits per heavy atom. The molecule has 1 aliphatic carbocycles. The molecule has 2 aliphatic heterocycles. The number of hydrogen-bond donors (Lipinski definition) is 0. The van der Waals surface area contributed by atoms with Crippen LogP contribution < -0.4 is 4.74 Å². The van der Waals surface area contributed by atoms with E-state index in [9.17, 15) is 4.79 Å². The van der Waals surface area contributed by atoms with Gasteiger partial charge in [-0.15, -0.1) is 0 Å². The van der Waals surface area contributed by atoms with Gasteiger partial charge in [0, 0.05) is 24.1 Å². The number of esters is 1. The smallest absolute Gasteiger partial charge is 0.338 e. The summed E-state index contributed by atoms with van der Waals surface area (Å²) in [6, 6.07) is 5.74. The molecule has 1 saturated heterocycles. The summed E-state index contributed by atoms with van der Waals surface area (Å²) >= 11 is 0. The fourth-order valence-corrected chi connectivity index (χ4v) is 3.99. The highest BCUT2D eigenvalue weighted by Gasteiger charge is 2.53. The molecule has 0 amide bonds. The summed E-state index contributed by atoms with van der Waals surface area (Å²) in [6.07, 6.45) is 4.10. The first-order chi connectivity index (χ1) is 11.1. The highest BCUT2D eigenvalue weighted by atomic mass is 16.5. The normalized spacial score (nSPS) is 25.5. The second kappa shape index (κ2) is 5.52. The zero-order valence-electron chi connectivity index (χ0n) is 14.0. The molecule has 4 rings (SSSR count). The lowest BCUT2D eigenvalue weighted by atomic mass is 9.90. The number of cyclic esters (lactones) is 1. The van der Waals surface area contributed by atoms with Gasteiger partial charge in [-0.1, -0.05) is 13.8 Å².